The summed E-state index contributed by atoms with van der Waals surface area (Å²) >= 11 is 6.64. The first-order valence-corrected chi connectivity index (χ1v) is 9.86. The molecule has 0 bridgehead atoms. The van der Waals surface area contributed by atoms with E-state index in [2.05, 4.69) is 97.9 Å². The maximum absolute atomic E-state index is 6.64. The van der Waals surface area contributed by atoms with Crippen molar-refractivity contribution in [2.24, 2.45) is 0 Å². The fourth-order valence-electron chi connectivity index (χ4n) is 4.07. The maximum Gasteiger partial charge on any atom is 0.0487 e. The third kappa shape index (κ3) is 2.78. The molecule has 0 unspecified atom stereocenters. The summed E-state index contributed by atoms with van der Waals surface area (Å²) in [6.07, 6.45) is 0. The van der Waals surface area contributed by atoms with Gasteiger partial charge in [-0.15, -0.1) is 0 Å². The molecule has 5 rings (SSSR count). The van der Waals surface area contributed by atoms with Crippen molar-refractivity contribution in [2.75, 3.05) is 0 Å². The number of aryl methyl sites for hydroxylation is 1. The van der Waals surface area contributed by atoms with Crippen molar-refractivity contribution in [3.05, 3.63) is 108 Å². The molecule has 0 N–H and O–H groups in total. The van der Waals surface area contributed by atoms with E-state index >= 15 is 0 Å². The van der Waals surface area contributed by atoms with E-state index in [1.54, 1.807) is 0 Å². The van der Waals surface area contributed by atoms with Crippen molar-refractivity contribution in [2.45, 2.75) is 6.92 Å². The van der Waals surface area contributed by atoms with E-state index in [9.17, 15) is 0 Å². The Labute approximate surface area is 170 Å². The first-order chi connectivity index (χ1) is 13.7. The molecule has 0 saturated heterocycles. The molecule has 1 heteroatoms. The highest BCUT2D eigenvalue weighted by Crippen LogP contribution is 2.41. The Hall–Kier alpha value is -3.09. The maximum atomic E-state index is 6.64. The molecule has 5 aromatic rings. The molecule has 0 saturated carbocycles. The van der Waals surface area contributed by atoms with Crippen LogP contribution in [0, 0.1) is 6.92 Å². The summed E-state index contributed by atoms with van der Waals surface area (Å²) in [6, 6.07) is 34.4. The van der Waals surface area contributed by atoms with E-state index < -0.39 is 0 Å². The van der Waals surface area contributed by atoms with Gasteiger partial charge < -0.3 is 0 Å². The highest BCUT2D eigenvalue weighted by molar-refractivity contribution is 6.33. The zero-order valence-corrected chi connectivity index (χ0v) is 16.4. The van der Waals surface area contributed by atoms with E-state index in [1.165, 1.54) is 38.2 Å². The topological polar surface area (TPSA) is 0 Å². The van der Waals surface area contributed by atoms with Crippen LogP contribution in [0.2, 0.25) is 5.02 Å². The molecule has 0 aliphatic carbocycles. The molecule has 0 aliphatic heterocycles. The molecule has 134 valence electrons. The Morgan fingerprint density at radius 2 is 1.11 bits per heavy atom. The third-order valence-electron chi connectivity index (χ3n) is 5.40. The van der Waals surface area contributed by atoms with Crippen LogP contribution in [0.4, 0.5) is 0 Å². The summed E-state index contributed by atoms with van der Waals surface area (Å²) in [5.41, 5.74) is 5.84. The van der Waals surface area contributed by atoms with Crippen molar-refractivity contribution in [1.29, 1.82) is 0 Å². The van der Waals surface area contributed by atoms with Gasteiger partial charge in [-0.05, 0) is 62.9 Å². The normalized spacial score (nSPS) is 11.2. The van der Waals surface area contributed by atoms with Gasteiger partial charge in [0.05, 0.1) is 0 Å². The van der Waals surface area contributed by atoms with Crippen LogP contribution < -0.4 is 0 Å². The molecule has 0 aromatic heterocycles. The Balaban J connectivity index is 1.87. The summed E-state index contributed by atoms with van der Waals surface area (Å²) in [5, 5.41) is 5.86. The first-order valence-electron chi connectivity index (χ1n) is 9.49. The smallest absolute Gasteiger partial charge is 0.0487 e. The minimum atomic E-state index is 0.789. The average Bonchev–Trinajstić information content (AvgIpc) is 2.73. The predicted molar refractivity (Wildman–Crippen MR) is 122 cm³/mol. The molecule has 0 amide bonds. The molecule has 0 fully saturated rings. The Kier molecular flexibility index (Phi) is 4.15. The summed E-state index contributed by atoms with van der Waals surface area (Å²) in [4.78, 5) is 0. The second-order valence-electron chi connectivity index (χ2n) is 7.22. The van der Waals surface area contributed by atoms with Crippen molar-refractivity contribution in [3.8, 4) is 22.3 Å². The fourth-order valence-corrected chi connectivity index (χ4v) is 4.41. The van der Waals surface area contributed by atoms with Gasteiger partial charge in [-0.3, -0.25) is 0 Å². The van der Waals surface area contributed by atoms with Gasteiger partial charge in [0.1, 0.15) is 0 Å². The van der Waals surface area contributed by atoms with Gasteiger partial charge in [-0.1, -0.05) is 96.5 Å². The lowest BCUT2D eigenvalue weighted by Crippen LogP contribution is -1.89. The number of rotatable bonds is 2. The number of hydrogen-bond acceptors (Lipinski definition) is 0. The SMILES string of the molecule is Cc1ccc(-c2ccccc2-c2cc3ccccc3c3ccccc23)c(Cl)c1. The molecule has 0 radical (unpaired) electrons. The molecular weight excluding hydrogens is 360 g/mol. The standard InChI is InChI=1S/C27H19Cl/c1-18-14-15-25(27(28)16-18)22-11-5-7-13-24(22)26-17-19-8-2-3-9-20(19)21-10-4-6-12-23(21)26/h2-17H,1H3. The van der Waals surface area contributed by atoms with Gasteiger partial charge in [0.15, 0.2) is 0 Å². The summed E-state index contributed by atoms with van der Waals surface area (Å²) in [6.45, 7) is 2.07. The zero-order chi connectivity index (χ0) is 19.1. The second kappa shape index (κ2) is 6.82. The van der Waals surface area contributed by atoms with Crippen molar-refractivity contribution < 1.29 is 0 Å². The number of benzene rings is 5. The lowest BCUT2D eigenvalue weighted by molar-refractivity contribution is 1.47. The first kappa shape index (κ1) is 17.0. The number of hydrogen-bond donors (Lipinski definition) is 0. The van der Waals surface area contributed by atoms with Gasteiger partial charge in [0.2, 0.25) is 0 Å². The fraction of sp³-hybridized carbons (Fsp3) is 0.0370. The van der Waals surface area contributed by atoms with Crippen LogP contribution in [0.15, 0.2) is 97.1 Å². The zero-order valence-electron chi connectivity index (χ0n) is 15.6. The van der Waals surface area contributed by atoms with Crippen LogP contribution in [0.1, 0.15) is 5.56 Å². The summed E-state index contributed by atoms with van der Waals surface area (Å²) < 4.78 is 0. The largest absolute Gasteiger partial charge is 0.0837 e. The van der Waals surface area contributed by atoms with Crippen LogP contribution in [0.3, 0.4) is 0 Å². The van der Waals surface area contributed by atoms with Crippen molar-refractivity contribution >= 4 is 33.1 Å². The van der Waals surface area contributed by atoms with E-state index in [0.29, 0.717) is 0 Å². The van der Waals surface area contributed by atoms with Crippen LogP contribution >= 0.6 is 11.6 Å². The van der Waals surface area contributed by atoms with Gasteiger partial charge in [-0.2, -0.15) is 0 Å². The second-order valence-corrected chi connectivity index (χ2v) is 7.63. The summed E-state index contributed by atoms with van der Waals surface area (Å²) in [5.74, 6) is 0. The monoisotopic (exact) mass is 378 g/mol. The quantitative estimate of drug-likeness (QED) is 0.271. The molecule has 0 aliphatic rings. The van der Waals surface area contributed by atoms with Crippen molar-refractivity contribution in [3.63, 3.8) is 0 Å². The average molecular weight is 379 g/mol. The van der Waals surface area contributed by atoms with Crippen LogP contribution in [0.25, 0.3) is 43.8 Å². The lowest BCUT2D eigenvalue weighted by atomic mass is 9.89. The highest BCUT2D eigenvalue weighted by Gasteiger charge is 2.14. The van der Waals surface area contributed by atoms with Crippen LogP contribution in [-0.2, 0) is 0 Å². The van der Waals surface area contributed by atoms with E-state index in [-0.39, 0.29) is 0 Å². The van der Waals surface area contributed by atoms with Crippen molar-refractivity contribution in [1.82, 2.24) is 0 Å². The third-order valence-corrected chi connectivity index (χ3v) is 5.71. The molecule has 0 heterocycles. The molecule has 28 heavy (non-hydrogen) atoms. The van der Waals surface area contributed by atoms with Gasteiger partial charge in [-0.25, -0.2) is 0 Å². The Morgan fingerprint density at radius 3 is 1.86 bits per heavy atom. The lowest BCUT2D eigenvalue weighted by Gasteiger charge is -2.16. The molecule has 5 aromatic carbocycles. The Morgan fingerprint density at radius 1 is 0.500 bits per heavy atom. The van der Waals surface area contributed by atoms with Gasteiger partial charge >= 0.3 is 0 Å². The van der Waals surface area contributed by atoms with Gasteiger partial charge in [0, 0.05) is 10.6 Å². The molecule has 0 atom stereocenters. The van der Waals surface area contributed by atoms with E-state index in [0.717, 1.165) is 16.1 Å². The molecule has 0 spiro atoms. The van der Waals surface area contributed by atoms with Crippen LogP contribution in [0.5, 0.6) is 0 Å². The highest BCUT2D eigenvalue weighted by atomic mass is 35.5. The minimum Gasteiger partial charge on any atom is -0.0837 e. The Bertz CT molecular complexity index is 1330. The van der Waals surface area contributed by atoms with Gasteiger partial charge in [0.25, 0.3) is 0 Å². The minimum absolute atomic E-state index is 0.789. The summed E-state index contributed by atoms with van der Waals surface area (Å²) in [7, 11) is 0. The number of halogens is 1. The van der Waals surface area contributed by atoms with E-state index in [1.807, 2.05) is 6.07 Å². The molecule has 0 nitrogen and oxygen atoms in total. The number of fused-ring (bicyclic) bond motifs is 3. The van der Waals surface area contributed by atoms with E-state index in [4.69, 9.17) is 11.6 Å². The predicted octanol–water partition coefficient (Wildman–Crippen LogP) is 8.29. The van der Waals surface area contributed by atoms with Crippen LogP contribution in [-0.4, -0.2) is 0 Å². The molecular formula is C27H19Cl.